The van der Waals surface area contributed by atoms with Gasteiger partial charge in [-0.3, -0.25) is 9.78 Å². The van der Waals surface area contributed by atoms with E-state index in [0.717, 1.165) is 10.8 Å². The number of carbonyl (C=O) groups excluding carboxylic acids is 1. The largest absolute Gasteiger partial charge is 0.491 e. The number of azo groups is 1. The number of nitrogens with two attached hydrogens (primary N) is 1. The van der Waals surface area contributed by atoms with Crippen molar-refractivity contribution in [2.45, 2.75) is 20.0 Å². The van der Waals surface area contributed by atoms with E-state index in [1.807, 2.05) is 38.1 Å². The van der Waals surface area contributed by atoms with Gasteiger partial charge >= 0.3 is 5.91 Å². The van der Waals surface area contributed by atoms with Gasteiger partial charge in [-0.2, -0.15) is 0 Å². The molecule has 0 unspecified atom stereocenters. The molecule has 0 fully saturated rings. The highest BCUT2D eigenvalue weighted by Gasteiger charge is 2.10. The lowest BCUT2D eigenvalue weighted by atomic mass is 10.2. The standard InChI is InChI=1S/C17H17N5O2/c1-10(2)24-11-7-8-19-14(9-11)17(23)22-21-16-13-6-4-3-5-12(13)15(18)20-16/h3-10,20H,18H2,1-2H3. The Morgan fingerprint density at radius 1 is 1.25 bits per heavy atom. The number of fused-ring (bicyclic) bond motifs is 1. The second-order valence-corrected chi connectivity index (χ2v) is 5.48. The Hall–Kier alpha value is -3.22. The van der Waals surface area contributed by atoms with Crippen LogP contribution >= 0.6 is 0 Å². The third-order valence-corrected chi connectivity index (χ3v) is 3.29. The highest BCUT2D eigenvalue weighted by Crippen LogP contribution is 2.30. The zero-order chi connectivity index (χ0) is 17.1. The van der Waals surface area contributed by atoms with Crippen LogP contribution in [0, 0.1) is 0 Å². The molecule has 7 heteroatoms. The summed E-state index contributed by atoms with van der Waals surface area (Å²) in [6, 6.07) is 10.7. The number of ether oxygens (including phenoxy) is 1. The lowest BCUT2D eigenvalue weighted by Crippen LogP contribution is -2.07. The van der Waals surface area contributed by atoms with Gasteiger partial charge in [-0.1, -0.05) is 24.3 Å². The summed E-state index contributed by atoms with van der Waals surface area (Å²) in [5.74, 6) is 0.929. The first-order chi connectivity index (χ1) is 11.5. The van der Waals surface area contributed by atoms with E-state index in [0.29, 0.717) is 17.4 Å². The van der Waals surface area contributed by atoms with Crippen molar-refractivity contribution in [1.29, 1.82) is 0 Å². The molecule has 0 spiro atoms. The molecule has 2 aromatic heterocycles. The lowest BCUT2D eigenvalue weighted by Gasteiger charge is -2.09. The van der Waals surface area contributed by atoms with E-state index in [4.69, 9.17) is 10.5 Å². The van der Waals surface area contributed by atoms with Crippen molar-refractivity contribution in [2.24, 2.45) is 10.2 Å². The van der Waals surface area contributed by atoms with Crippen LogP contribution in [0.25, 0.3) is 10.8 Å². The minimum absolute atomic E-state index is 0.00485. The number of hydrogen-bond donors (Lipinski definition) is 2. The van der Waals surface area contributed by atoms with Crippen LogP contribution in [0.3, 0.4) is 0 Å². The molecule has 1 aromatic carbocycles. The summed E-state index contributed by atoms with van der Waals surface area (Å²) in [5.41, 5.74) is 6.06. The highest BCUT2D eigenvalue weighted by atomic mass is 16.5. The van der Waals surface area contributed by atoms with E-state index >= 15 is 0 Å². The first-order valence-electron chi connectivity index (χ1n) is 7.49. The van der Waals surface area contributed by atoms with Crippen LogP contribution in [0.5, 0.6) is 5.75 Å². The SMILES string of the molecule is CC(C)Oc1ccnc(C(=O)N=Nc2[nH]c(N)c3ccccc23)c1. The van der Waals surface area contributed by atoms with Gasteiger partial charge in [0.15, 0.2) is 5.82 Å². The van der Waals surface area contributed by atoms with Gasteiger partial charge in [-0.15, -0.1) is 10.2 Å². The fourth-order valence-corrected chi connectivity index (χ4v) is 2.29. The molecule has 0 aliphatic heterocycles. The van der Waals surface area contributed by atoms with Crippen molar-refractivity contribution in [3.8, 4) is 5.75 Å². The number of amides is 1. The minimum Gasteiger partial charge on any atom is -0.491 e. The second-order valence-electron chi connectivity index (χ2n) is 5.48. The Balaban J connectivity index is 1.85. The number of nitrogens with zero attached hydrogens (tertiary/aromatic N) is 3. The van der Waals surface area contributed by atoms with Crippen molar-refractivity contribution in [3.63, 3.8) is 0 Å². The van der Waals surface area contributed by atoms with E-state index in [9.17, 15) is 4.79 Å². The lowest BCUT2D eigenvalue weighted by molar-refractivity contribution is 0.0989. The molecule has 0 aliphatic rings. The van der Waals surface area contributed by atoms with Crippen LogP contribution in [0.1, 0.15) is 24.3 Å². The molecule has 0 atom stereocenters. The fraction of sp³-hybridized carbons (Fsp3) is 0.176. The summed E-state index contributed by atoms with van der Waals surface area (Å²) < 4.78 is 5.54. The molecule has 0 radical (unpaired) electrons. The Labute approximate surface area is 138 Å². The maximum absolute atomic E-state index is 12.2. The summed E-state index contributed by atoms with van der Waals surface area (Å²) in [5, 5.41) is 9.35. The molecule has 1 amide bonds. The summed E-state index contributed by atoms with van der Waals surface area (Å²) in [6.07, 6.45) is 1.51. The minimum atomic E-state index is -0.554. The highest BCUT2D eigenvalue weighted by molar-refractivity contribution is 6.00. The van der Waals surface area contributed by atoms with Gasteiger partial charge in [-0.25, -0.2) is 0 Å². The normalized spacial score (nSPS) is 11.5. The molecule has 0 aliphatic carbocycles. The van der Waals surface area contributed by atoms with Crippen LogP contribution < -0.4 is 10.5 Å². The van der Waals surface area contributed by atoms with Crippen LogP contribution in [0.4, 0.5) is 11.6 Å². The van der Waals surface area contributed by atoms with Crippen LogP contribution in [-0.2, 0) is 0 Å². The number of carbonyl (C=O) groups is 1. The number of hydrogen-bond acceptors (Lipinski definition) is 5. The number of anilines is 1. The Morgan fingerprint density at radius 2 is 2.00 bits per heavy atom. The van der Waals surface area contributed by atoms with E-state index in [1.54, 1.807) is 12.1 Å². The van der Waals surface area contributed by atoms with E-state index in [-0.39, 0.29) is 11.8 Å². The predicted molar refractivity (Wildman–Crippen MR) is 91.6 cm³/mol. The van der Waals surface area contributed by atoms with E-state index in [2.05, 4.69) is 20.2 Å². The van der Waals surface area contributed by atoms with Crippen molar-refractivity contribution >= 4 is 28.3 Å². The number of H-pyrrole nitrogens is 1. The maximum Gasteiger partial charge on any atom is 0.314 e. The Bertz CT molecular complexity index is 914. The first-order valence-corrected chi connectivity index (χ1v) is 7.49. The number of rotatable bonds is 4. The number of pyridine rings is 1. The van der Waals surface area contributed by atoms with Crippen molar-refractivity contribution < 1.29 is 9.53 Å². The number of nitrogen functional groups attached to an aromatic ring is 1. The zero-order valence-corrected chi connectivity index (χ0v) is 13.4. The van der Waals surface area contributed by atoms with Gasteiger partial charge in [0.1, 0.15) is 17.3 Å². The van der Waals surface area contributed by atoms with Gasteiger partial charge in [-0.05, 0) is 19.9 Å². The third-order valence-electron chi connectivity index (χ3n) is 3.29. The van der Waals surface area contributed by atoms with Gasteiger partial charge in [0.05, 0.1) is 6.10 Å². The Kier molecular flexibility index (Phi) is 4.24. The molecule has 0 saturated heterocycles. The van der Waals surface area contributed by atoms with E-state index in [1.165, 1.54) is 6.20 Å². The molecular formula is C17H17N5O2. The van der Waals surface area contributed by atoms with Crippen LogP contribution in [-0.4, -0.2) is 22.0 Å². The molecule has 3 rings (SSSR count). The molecule has 0 saturated carbocycles. The van der Waals surface area contributed by atoms with Crippen molar-refractivity contribution in [2.75, 3.05) is 5.73 Å². The van der Waals surface area contributed by atoms with Gasteiger partial charge in [0, 0.05) is 23.0 Å². The monoisotopic (exact) mass is 323 g/mol. The van der Waals surface area contributed by atoms with Gasteiger partial charge in [0.25, 0.3) is 0 Å². The number of nitrogens with one attached hydrogen (secondary N) is 1. The molecule has 24 heavy (non-hydrogen) atoms. The summed E-state index contributed by atoms with van der Waals surface area (Å²) in [4.78, 5) is 19.1. The average molecular weight is 323 g/mol. The smallest absolute Gasteiger partial charge is 0.314 e. The molecule has 3 aromatic rings. The summed E-state index contributed by atoms with van der Waals surface area (Å²) in [7, 11) is 0. The fourth-order valence-electron chi connectivity index (χ4n) is 2.29. The Morgan fingerprint density at radius 3 is 2.75 bits per heavy atom. The van der Waals surface area contributed by atoms with Crippen LogP contribution in [0.2, 0.25) is 0 Å². The van der Waals surface area contributed by atoms with Crippen molar-refractivity contribution in [1.82, 2.24) is 9.97 Å². The van der Waals surface area contributed by atoms with Crippen LogP contribution in [0.15, 0.2) is 52.8 Å². The topological polar surface area (TPSA) is 106 Å². The number of aromatic amines is 1. The first kappa shape index (κ1) is 15.7. The predicted octanol–water partition coefficient (Wildman–Crippen LogP) is 3.86. The van der Waals surface area contributed by atoms with Gasteiger partial charge in [0.2, 0.25) is 0 Å². The molecule has 2 heterocycles. The van der Waals surface area contributed by atoms with Crippen molar-refractivity contribution in [3.05, 3.63) is 48.3 Å². The quantitative estimate of drug-likeness (QED) is 0.711. The molecular weight excluding hydrogens is 306 g/mol. The average Bonchev–Trinajstić information content (AvgIpc) is 2.89. The third kappa shape index (κ3) is 3.24. The number of benzene rings is 1. The van der Waals surface area contributed by atoms with Gasteiger partial charge < -0.3 is 15.5 Å². The molecule has 3 N–H and O–H groups in total. The molecule has 122 valence electrons. The molecule has 7 nitrogen and oxygen atoms in total. The summed E-state index contributed by atoms with van der Waals surface area (Å²) >= 11 is 0. The number of aromatic nitrogens is 2. The maximum atomic E-state index is 12.2. The second kappa shape index (κ2) is 6.49. The van der Waals surface area contributed by atoms with E-state index < -0.39 is 5.91 Å². The zero-order valence-electron chi connectivity index (χ0n) is 13.4. The molecule has 0 bridgehead atoms. The summed E-state index contributed by atoms with van der Waals surface area (Å²) in [6.45, 7) is 3.81.